The van der Waals surface area contributed by atoms with Crippen LogP contribution >= 0.6 is 11.6 Å². The number of benzene rings is 2. The fourth-order valence-corrected chi connectivity index (χ4v) is 6.42. The van der Waals surface area contributed by atoms with Crippen molar-refractivity contribution in [1.82, 2.24) is 9.88 Å². The van der Waals surface area contributed by atoms with E-state index in [-0.39, 0.29) is 17.9 Å². The smallest absolute Gasteiger partial charge is 0.225 e. The fraction of sp³-hybridized carbons (Fsp3) is 0.484. The predicted octanol–water partition coefficient (Wildman–Crippen LogP) is 4.91. The number of halogens is 1. The van der Waals surface area contributed by atoms with Crippen LogP contribution in [0.3, 0.4) is 0 Å². The first kappa shape index (κ1) is 28.0. The largest absolute Gasteiger partial charge is 0.385 e. The van der Waals surface area contributed by atoms with Crippen LogP contribution in [0.4, 0.5) is 0 Å². The van der Waals surface area contributed by atoms with Gasteiger partial charge in [-0.25, -0.2) is 0 Å². The highest BCUT2D eigenvalue weighted by molar-refractivity contribution is 6.33. The first-order valence-electron chi connectivity index (χ1n) is 13.9. The number of aromatic nitrogens is 1. The van der Waals surface area contributed by atoms with Crippen molar-refractivity contribution < 1.29 is 19.4 Å². The zero-order valence-corrected chi connectivity index (χ0v) is 23.3. The van der Waals surface area contributed by atoms with Gasteiger partial charge < -0.3 is 25.2 Å². The molecule has 1 amide bonds. The molecular formula is C31H38ClN3O4. The van der Waals surface area contributed by atoms with Gasteiger partial charge in [-0.2, -0.15) is 0 Å². The summed E-state index contributed by atoms with van der Waals surface area (Å²) in [4.78, 5) is 19.9. The Morgan fingerprint density at radius 3 is 2.87 bits per heavy atom. The lowest BCUT2D eigenvalue weighted by atomic mass is 9.79. The molecule has 2 heterocycles. The number of rotatable bonds is 9. The summed E-state index contributed by atoms with van der Waals surface area (Å²) in [6.45, 7) is 1.79. The Morgan fingerprint density at radius 2 is 2.08 bits per heavy atom. The van der Waals surface area contributed by atoms with Crippen LogP contribution in [0.25, 0.3) is 22.0 Å². The molecule has 1 aliphatic heterocycles. The molecule has 1 saturated heterocycles. The van der Waals surface area contributed by atoms with Gasteiger partial charge in [-0.15, -0.1) is 0 Å². The highest BCUT2D eigenvalue weighted by atomic mass is 35.5. The number of hydrogen-bond donors (Lipinski definition) is 2. The van der Waals surface area contributed by atoms with E-state index >= 15 is 0 Å². The topological polar surface area (TPSA) is 97.9 Å². The van der Waals surface area contributed by atoms with Crippen molar-refractivity contribution in [2.24, 2.45) is 11.7 Å². The molecule has 4 atom stereocenters. The summed E-state index contributed by atoms with van der Waals surface area (Å²) in [5.74, 6) is 0.0574. The molecule has 3 N–H and O–H groups in total. The number of fused-ring (bicyclic) bond motifs is 1. The van der Waals surface area contributed by atoms with Gasteiger partial charge >= 0.3 is 0 Å². The number of ether oxygens (including phenoxy) is 2. The lowest BCUT2D eigenvalue weighted by Gasteiger charge is -2.44. The maximum Gasteiger partial charge on any atom is 0.225 e. The molecule has 1 aliphatic carbocycles. The molecule has 5 rings (SSSR count). The zero-order valence-electron chi connectivity index (χ0n) is 22.5. The van der Waals surface area contributed by atoms with Gasteiger partial charge in [-0.1, -0.05) is 41.9 Å². The molecule has 1 aromatic heterocycles. The van der Waals surface area contributed by atoms with Gasteiger partial charge in [0.2, 0.25) is 5.91 Å². The molecule has 2 aliphatic rings. The van der Waals surface area contributed by atoms with Gasteiger partial charge in [0, 0.05) is 60.0 Å². The number of hydrogen-bond acceptors (Lipinski definition) is 6. The lowest BCUT2D eigenvalue weighted by molar-refractivity contribution is -0.167. The van der Waals surface area contributed by atoms with Crippen molar-refractivity contribution in [1.29, 1.82) is 0 Å². The van der Waals surface area contributed by atoms with E-state index in [1.54, 1.807) is 13.3 Å². The van der Waals surface area contributed by atoms with E-state index in [0.29, 0.717) is 43.3 Å². The highest BCUT2D eigenvalue weighted by Crippen LogP contribution is 2.43. The fourth-order valence-electron chi connectivity index (χ4n) is 6.13. The van der Waals surface area contributed by atoms with E-state index in [0.717, 1.165) is 54.1 Å². The van der Waals surface area contributed by atoms with Crippen LogP contribution in [-0.4, -0.2) is 66.5 Å². The van der Waals surface area contributed by atoms with Gasteiger partial charge in [0.1, 0.15) is 11.7 Å². The normalized spacial score (nSPS) is 23.2. The minimum Gasteiger partial charge on any atom is -0.385 e. The second-order valence-corrected chi connectivity index (χ2v) is 11.3. The molecule has 39 heavy (non-hydrogen) atoms. The number of carbonyl (C=O) groups excluding carboxylic acids is 1. The Morgan fingerprint density at radius 1 is 1.23 bits per heavy atom. The maximum atomic E-state index is 13.4. The van der Waals surface area contributed by atoms with Gasteiger partial charge in [-0.3, -0.25) is 9.78 Å². The summed E-state index contributed by atoms with van der Waals surface area (Å²) < 4.78 is 11.5. The molecule has 7 nitrogen and oxygen atoms in total. The van der Waals surface area contributed by atoms with E-state index < -0.39 is 11.7 Å². The summed E-state index contributed by atoms with van der Waals surface area (Å²) in [6.07, 6.45) is 5.55. The first-order chi connectivity index (χ1) is 18.9. The summed E-state index contributed by atoms with van der Waals surface area (Å²) in [7, 11) is 1.68. The van der Waals surface area contributed by atoms with E-state index in [4.69, 9.17) is 26.8 Å². The van der Waals surface area contributed by atoms with Gasteiger partial charge in [0.25, 0.3) is 0 Å². The van der Waals surface area contributed by atoms with Crippen molar-refractivity contribution in [2.45, 2.75) is 56.3 Å². The Balaban J connectivity index is 1.52. The zero-order chi connectivity index (χ0) is 27.4. The average Bonchev–Trinajstić information content (AvgIpc) is 3.40. The van der Waals surface area contributed by atoms with Crippen molar-refractivity contribution in [3.05, 3.63) is 65.3 Å². The number of amides is 1. The standard InChI is InChI=1S/C31H38ClN3O4/c1-38-15-5-4-13-31(37,28-20-35(14-16-39-28)30(36)22-11-12-24(33)18-22)25-8-6-9-26(32)29(25)23-17-21-7-2-3-10-27(21)34-19-23/h2-3,6-10,17,19,22,24,28,37H,4-5,11-16,18,20,33H2,1H3/t22-,24+,28?,31-/m1/s1. The van der Waals surface area contributed by atoms with Crippen LogP contribution in [0.1, 0.15) is 44.1 Å². The van der Waals surface area contributed by atoms with E-state index in [1.807, 2.05) is 47.4 Å². The third-order valence-electron chi connectivity index (χ3n) is 8.25. The minimum atomic E-state index is -1.38. The number of carbonyl (C=O) groups is 1. The van der Waals surface area contributed by atoms with Crippen LogP contribution < -0.4 is 5.73 Å². The molecule has 0 spiro atoms. The van der Waals surface area contributed by atoms with E-state index in [2.05, 4.69) is 11.1 Å². The summed E-state index contributed by atoms with van der Waals surface area (Å²) >= 11 is 6.85. The number of nitrogens with zero attached hydrogens (tertiary/aromatic N) is 2. The number of methoxy groups -OCH3 is 1. The number of unbranched alkanes of at least 4 members (excludes halogenated alkanes) is 1. The molecule has 2 aromatic carbocycles. The van der Waals surface area contributed by atoms with Crippen molar-refractivity contribution in [2.75, 3.05) is 33.4 Å². The summed E-state index contributed by atoms with van der Waals surface area (Å²) in [5, 5.41) is 14.1. The number of pyridine rings is 1. The summed E-state index contributed by atoms with van der Waals surface area (Å²) in [5.41, 5.74) is 7.86. The second-order valence-electron chi connectivity index (χ2n) is 10.9. The molecular weight excluding hydrogens is 514 g/mol. The van der Waals surface area contributed by atoms with E-state index in [9.17, 15) is 9.90 Å². The Hall–Kier alpha value is -2.55. The van der Waals surface area contributed by atoms with Crippen LogP contribution in [0.5, 0.6) is 0 Å². The molecule has 1 saturated carbocycles. The van der Waals surface area contributed by atoms with Crippen LogP contribution in [0, 0.1) is 5.92 Å². The lowest BCUT2D eigenvalue weighted by Crippen LogP contribution is -2.55. The predicted molar refractivity (Wildman–Crippen MR) is 153 cm³/mol. The second kappa shape index (κ2) is 12.3. The molecule has 0 bridgehead atoms. The third-order valence-corrected chi connectivity index (χ3v) is 8.56. The Labute approximate surface area is 235 Å². The molecule has 3 aromatic rings. The monoisotopic (exact) mass is 551 g/mol. The Kier molecular flexibility index (Phi) is 8.84. The van der Waals surface area contributed by atoms with Crippen molar-refractivity contribution in [3.8, 4) is 11.1 Å². The SMILES string of the molecule is COCCCC[C@@](O)(c1cccc(Cl)c1-c1cnc2ccccc2c1)C1CN(C(=O)[C@@H]2CC[C@H](N)C2)CCO1. The molecule has 0 radical (unpaired) electrons. The quantitative estimate of drug-likeness (QED) is 0.367. The van der Waals surface area contributed by atoms with Crippen molar-refractivity contribution >= 4 is 28.4 Å². The van der Waals surface area contributed by atoms with Crippen LogP contribution in [-0.2, 0) is 19.9 Å². The summed E-state index contributed by atoms with van der Waals surface area (Å²) in [6, 6.07) is 15.7. The van der Waals surface area contributed by atoms with Crippen molar-refractivity contribution in [3.63, 3.8) is 0 Å². The van der Waals surface area contributed by atoms with Gasteiger partial charge in [0.05, 0.1) is 18.7 Å². The van der Waals surface area contributed by atoms with Crippen LogP contribution in [0.15, 0.2) is 54.7 Å². The van der Waals surface area contributed by atoms with Gasteiger partial charge in [0.15, 0.2) is 0 Å². The minimum absolute atomic E-state index is 0.0565. The third kappa shape index (κ3) is 5.98. The maximum absolute atomic E-state index is 13.4. The highest BCUT2D eigenvalue weighted by Gasteiger charge is 2.45. The molecule has 208 valence electrons. The van der Waals surface area contributed by atoms with E-state index in [1.165, 1.54) is 0 Å². The van der Waals surface area contributed by atoms with Gasteiger partial charge in [-0.05, 0) is 62.3 Å². The Bertz CT molecular complexity index is 1300. The molecule has 2 fully saturated rings. The molecule has 1 unspecified atom stereocenters. The number of para-hydroxylation sites is 1. The molecule has 8 heteroatoms. The number of aliphatic hydroxyl groups is 1. The number of morpholine rings is 1. The first-order valence-corrected chi connectivity index (χ1v) is 14.3. The van der Waals surface area contributed by atoms with Crippen LogP contribution in [0.2, 0.25) is 5.02 Å². The average molecular weight is 552 g/mol. The number of nitrogens with two attached hydrogens (primary N) is 1.